The maximum Gasteiger partial charge on any atom is 0.151 e. The zero-order chi connectivity index (χ0) is 12.2. The Morgan fingerprint density at radius 1 is 1.47 bits per heavy atom. The zero-order valence-corrected chi connectivity index (χ0v) is 9.70. The Morgan fingerprint density at radius 2 is 2.24 bits per heavy atom. The van der Waals surface area contributed by atoms with Gasteiger partial charge in [0.2, 0.25) is 0 Å². The van der Waals surface area contributed by atoms with Gasteiger partial charge in [0.15, 0.2) is 5.82 Å². The van der Waals surface area contributed by atoms with Gasteiger partial charge < -0.3 is 14.4 Å². The van der Waals surface area contributed by atoms with Gasteiger partial charge in [-0.25, -0.2) is 9.37 Å². The van der Waals surface area contributed by atoms with Gasteiger partial charge in [-0.1, -0.05) is 6.07 Å². The lowest BCUT2D eigenvalue weighted by Gasteiger charge is -2.22. The van der Waals surface area contributed by atoms with Crippen molar-refractivity contribution in [2.75, 3.05) is 0 Å². The van der Waals surface area contributed by atoms with E-state index in [1.54, 1.807) is 24.5 Å². The highest BCUT2D eigenvalue weighted by Gasteiger charge is 2.28. The molecule has 1 aliphatic heterocycles. The highest BCUT2D eigenvalue weighted by molar-refractivity contribution is 5.81. The van der Waals surface area contributed by atoms with E-state index in [0.29, 0.717) is 24.7 Å². The molecule has 0 saturated carbocycles. The Balaban J connectivity index is 2.42. The molecular weight excluding hydrogens is 223 g/mol. The third-order valence-corrected chi connectivity index (χ3v) is 2.95. The number of aromatic nitrogens is 2. The summed E-state index contributed by atoms with van der Waals surface area (Å²) in [5, 5.41) is 10.0. The number of benzene rings is 1. The summed E-state index contributed by atoms with van der Waals surface area (Å²) in [5.41, 5.74) is 0.815. The van der Waals surface area contributed by atoms with Gasteiger partial charge in [0.25, 0.3) is 0 Å². The van der Waals surface area contributed by atoms with Crippen molar-refractivity contribution < 1.29 is 14.2 Å². The van der Waals surface area contributed by atoms with Gasteiger partial charge in [-0.2, -0.15) is 0 Å². The third-order valence-electron chi connectivity index (χ3n) is 2.95. The molecule has 2 aromatic rings. The SMILES string of the molecule is CC(C)(O)c1nc2c(F)ccc3c2n1COC3. The maximum absolute atomic E-state index is 13.7. The molecule has 0 fully saturated rings. The van der Waals surface area contributed by atoms with Crippen molar-refractivity contribution in [2.45, 2.75) is 32.8 Å². The van der Waals surface area contributed by atoms with Gasteiger partial charge in [-0.05, 0) is 19.9 Å². The van der Waals surface area contributed by atoms with E-state index in [0.717, 1.165) is 11.1 Å². The Morgan fingerprint density at radius 3 is 2.94 bits per heavy atom. The Hall–Kier alpha value is -1.46. The molecule has 0 bridgehead atoms. The van der Waals surface area contributed by atoms with E-state index in [4.69, 9.17) is 4.74 Å². The third kappa shape index (κ3) is 1.46. The van der Waals surface area contributed by atoms with Crippen LogP contribution in [0.1, 0.15) is 25.2 Å². The molecule has 3 rings (SSSR count). The van der Waals surface area contributed by atoms with Gasteiger partial charge in [-0.3, -0.25) is 0 Å². The lowest BCUT2D eigenvalue weighted by atomic mass is 10.1. The minimum absolute atomic E-state index is 0.298. The average Bonchev–Trinajstić information content (AvgIpc) is 2.65. The molecule has 0 atom stereocenters. The molecular formula is C12H13FN2O2. The molecule has 90 valence electrons. The molecule has 2 heterocycles. The second-order valence-electron chi connectivity index (χ2n) is 4.80. The summed E-state index contributed by atoms with van der Waals surface area (Å²) >= 11 is 0. The molecule has 1 N–H and O–H groups in total. The van der Waals surface area contributed by atoms with Gasteiger partial charge in [0, 0.05) is 5.56 Å². The number of halogens is 1. The Kier molecular flexibility index (Phi) is 2.06. The number of rotatable bonds is 1. The number of hydrogen-bond acceptors (Lipinski definition) is 3. The molecule has 5 heteroatoms. The van der Waals surface area contributed by atoms with E-state index in [1.807, 2.05) is 0 Å². The second-order valence-corrected chi connectivity index (χ2v) is 4.80. The maximum atomic E-state index is 13.7. The largest absolute Gasteiger partial charge is 0.383 e. The van der Waals surface area contributed by atoms with Crippen LogP contribution >= 0.6 is 0 Å². The molecule has 1 aromatic heterocycles. The number of aliphatic hydroxyl groups is 1. The van der Waals surface area contributed by atoms with Crippen molar-refractivity contribution in [1.82, 2.24) is 9.55 Å². The van der Waals surface area contributed by atoms with Crippen LogP contribution in [-0.4, -0.2) is 14.7 Å². The van der Waals surface area contributed by atoms with Gasteiger partial charge in [0.05, 0.1) is 12.1 Å². The predicted octanol–water partition coefficient (Wildman–Crippen LogP) is 1.89. The predicted molar refractivity (Wildman–Crippen MR) is 59.7 cm³/mol. The summed E-state index contributed by atoms with van der Waals surface area (Å²) in [5.74, 6) is 0.0634. The standard InChI is InChI=1S/C12H13FN2O2/c1-12(2,16)11-14-9-8(13)4-3-7-5-17-6-15(11)10(7)9/h3-4,16H,5-6H2,1-2H3. The Bertz CT molecular complexity index is 599. The van der Waals surface area contributed by atoms with Crippen molar-refractivity contribution in [2.24, 2.45) is 0 Å². The highest BCUT2D eigenvalue weighted by atomic mass is 19.1. The van der Waals surface area contributed by atoms with Crippen LogP contribution in [-0.2, 0) is 23.7 Å². The first-order chi connectivity index (χ1) is 7.98. The fraction of sp³-hybridized carbons (Fsp3) is 0.417. The van der Waals surface area contributed by atoms with Crippen molar-refractivity contribution in [1.29, 1.82) is 0 Å². The second kappa shape index (κ2) is 3.27. The monoisotopic (exact) mass is 236 g/mol. The first-order valence-corrected chi connectivity index (χ1v) is 5.46. The van der Waals surface area contributed by atoms with Crippen molar-refractivity contribution >= 4 is 11.0 Å². The van der Waals surface area contributed by atoms with Crippen LogP contribution in [0.5, 0.6) is 0 Å². The van der Waals surface area contributed by atoms with Gasteiger partial charge in [0.1, 0.15) is 23.7 Å². The summed E-state index contributed by atoms with van der Waals surface area (Å²) in [7, 11) is 0. The summed E-state index contributed by atoms with van der Waals surface area (Å²) in [4.78, 5) is 4.21. The molecule has 0 unspecified atom stereocenters. The minimum Gasteiger partial charge on any atom is -0.383 e. The highest BCUT2D eigenvalue weighted by Crippen LogP contribution is 2.31. The minimum atomic E-state index is -1.12. The van der Waals surface area contributed by atoms with Crippen molar-refractivity contribution in [3.05, 3.63) is 29.3 Å². The summed E-state index contributed by atoms with van der Waals surface area (Å²) in [6.45, 7) is 4.01. The number of hydrogen-bond donors (Lipinski definition) is 1. The molecule has 17 heavy (non-hydrogen) atoms. The Labute approximate surface area is 97.6 Å². The molecule has 0 aliphatic carbocycles. The zero-order valence-electron chi connectivity index (χ0n) is 9.70. The fourth-order valence-corrected chi connectivity index (χ4v) is 2.23. The molecule has 4 nitrogen and oxygen atoms in total. The van der Waals surface area contributed by atoms with Crippen LogP contribution < -0.4 is 0 Å². The van der Waals surface area contributed by atoms with E-state index in [-0.39, 0.29) is 5.82 Å². The lowest BCUT2D eigenvalue weighted by Crippen LogP contribution is -2.24. The van der Waals surface area contributed by atoms with Crippen LogP contribution in [0.4, 0.5) is 4.39 Å². The average molecular weight is 236 g/mol. The normalized spacial score (nSPS) is 15.5. The van der Waals surface area contributed by atoms with E-state index < -0.39 is 5.60 Å². The van der Waals surface area contributed by atoms with Gasteiger partial charge >= 0.3 is 0 Å². The topological polar surface area (TPSA) is 47.3 Å². The van der Waals surface area contributed by atoms with Crippen LogP contribution in [0.25, 0.3) is 11.0 Å². The number of imidazole rings is 1. The molecule has 1 aromatic carbocycles. The van der Waals surface area contributed by atoms with Crippen LogP contribution in [0.15, 0.2) is 12.1 Å². The molecule has 0 radical (unpaired) electrons. The molecule has 0 spiro atoms. The first-order valence-electron chi connectivity index (χ1n) is 5.46. The first kappa shape index (κ1) is 10.7. The lowest BCUT2D eigenvalue weighted by molar-refractivity contribution is 0.0283. The van der Waals surface area contributed by atoms with E-state index in [9.17, 15) is 9.50 Å². The number of nitrogens with zero attached hydrogens (tertiary/aromatic N) is 2. The summed E-state index contributed by atoms with van der Waals surface area (Å²) < 4.78 is 20.9. The van der Waals surface area contributed by atoms with E-state index in [2.05, 4.69) is 4.98 Å². The van der Waals surface area contributed by atoms with Crippen molar-refractivity contribution in [3.8, 4) is 0 Å². The van der Waals surface area contributed by atoms with Crippen LogP contribution in [0.3, 0.4) is 0 Å². The van der Waals surface area contributed by atoms with Crippen LogP contribution in [0, 0.1) is 5.82 Å². The van der Waals surface area contributed by atoms with Crippen molar-refractivity contribution in [3.63, 3.8) is 0 Å². The van der Waals surface area contributed by atoms with E-state index >= 15 is 0 Å². The quantitative estimate of drug-likeness (QED) is 0.822. The summed E-state index contributed by atoms with van der Waals surface area (Å²) in [6.07, 6.45) is 0. The van der Waals surface area contributed by atoms with E-state index in [1.165, 1.54) is 6.07 Å². The molecule has 0 saturated heterocycles. The smallest absolute Gasteiger partial charge is 0.151 e. The number of ether oxygens (including phenoxy) is 1. The molecule has 1 aliphatic rings. The van der Waals surface area contributed by atoms with Gasteiger partial charge in [-0.15, -0.1) is 0 Å². The van der Waals surface area contributed by atoms with Crippen LogP contribution in [0.2, 0.25) is 0 Å². The summed E-state index contributed by atoms with van der Waals surface area (Å²) in [6, 6.07) is 3.08. The fourth-order valence-electron chi connectivity index (χ4n) is 2.23. The molecule has 0 amide bonds.